The standard InChI is InChI=1S/C57H113NO30P4S4/c1-41-45(34-59)33-46(42(2)50(41)63)77-23-10-13-27-81-90(69,94)84-30-16-20-74-38-57(37-73-19-8-6-7-9-26-80-89(68,93)72-5,39-75-21-17-31-85-91(70,95)82-28-14-11-24-78-55-43(3)51(64)52(65)47(35-60)87-55)40-76-22-18-32-86-92(71,96)83-29-15-12-25-79-56-49(58-44(4)62)54(67)53(66)48(36-61)88-56/h41-43,45-56,59-61,63-67H,6-40H2,1-5H3,(H,58,62)(H,68,93)(H,69,94)(H,70,95)(H,71,96)/p-4/t41-,42?,43?,45?,46+,47?,48?,49?,50-,51+,52-,53-,54+,55+,56+,57?,89?,90?,91?,92?/m0/s1. The van der Waals surface area contributed by atoms with Crippen LogP contribution in [0.2, 0.25) is 0 Å². The van der Waals surface area contributed by atoms with Crippen LogP contribution < -0.4 is 20.0 Å². The first kappa shape index (κ1) is 91.1. The van der Waals surface area contributed by atoms with Gasteiger partial charge in [0.1, 0.15) is 56.7 Å². The highest BCUT2D eigenvalue weighted by Gasteiger charge is 2.46. The van der Waals surface area contributed by atoms with Crippen molar-refractivity contribution in [3.8, 4) is 0 Å². The summed E-state index contributed by atoms with van der Waals surface area (Å²) in [7, 11) is 1.23. The third kappa shape index (κ3) is 36.7. The van der Waals surface area contributed by atoms with E-state index >= 15 is 0 Å². The van der Waals surface area contributed by atoms with Gasteiger partial charge in [-0.15, -0.1) is 0 Å². The molecule has 3 aliphatic rings. The number of hydrogen-bond donors (Lipinski definition) is 9. The topological polar surface area (TPSA) is 434 Å². The van der Waals surface area contributed by atoms with E-state index in [0.717, 1.165) is 12.8 Å². The summed E-state index contributed by atoms with van der Waals surface area (Å²) in [5.74, 6) is -1.23. The molecule has 9 N–H and O–H groups in total. The van der Waals surface area contributed by atoms with Gasteiger partial charge >= 0.3 is 0 Å². The van der Waals surface area contributed by atoms with Crippen LogP contribution in [-0.2, 0) is 136 Å². The Labute approximate surface area is 586 Å². The fourth-order valence-electron chi connectivity index (χ4n) is 10.4. The van der Waals surface area contributed by atoms with Crippen molar-refractivity contribution in [1.82, 2.24) is 5.32 Å². The van der Waals surface area contributed by atoms with Gasteiger partial charge in [-0.2, -0.15) is 0 Å². The van der Waals surface area contributed by atoms with Gasteiger partial charge in [0.25, 0.3) is 0 Å². The van der Waals surface area contributed by atoms with Crippen LogP contribution >= 0.6 is 27.0 Å². The number of hydrogen-bond acceptors (Lipinski definition) is 34. The maximum atomic E-state index is 13.1. The molecule has 1 saturated carbocycles. The van der Waals surface area contributed by atoms with E-state index < -0.39 is 119 Å². The van der Waals surface area contributed by atoms with Crippen molar-refractivity contribution in [2.45, 2.75) is 185 Å². The molecule has 2 aliphatic heterocycles. The summed E-state index contributed by atoms with van der Waals surface area (Å²) in [6.07, 6.45) is -3.61. The molecular weight excluding hydrogens is 1430 g/mol. The van der Waals surface area contributed by atoms with Crippen molar-refractivity contribution in [3.05, 3.63) is 0 Å². The minimum Gasteiger partial charge on any atom is -0.780 e. The van der Waals surface area contributed by atoms with Crippen LogP contribution in [0.25, 0.3) is 0 Å². The highest BCUT2D eigenvalue weighted by molar-refractivity contribution is 8.32. The van der Waals surface area contributed by atoms with Crippen LogP contribution in [0.3, 0.4) is 0 Å². The van der Waals surface area contributed by atoms with Crippen LogP contribution in [0, 0.1) is 29.1 Å². The lowest BCUT2D eigenvalue weighted by atomic mass is 9.72. The lowest BCUT2D eigenvalue weighted by Crippen LogP contribution is -2.64. The Hall–Kier alpha value is 0.880. The number of carbonyl (C=O) groups is 1. The normalized spacial score (nSPS) is 29.7. The Morgan fingerprint density at radius 1 is 0.490 bits per heavy atom. The Morgan fingerprint density at radius 3 is 1.32 bits per heavy atom. The number of aliphatic hydroxyl groups is 8. The second-order valence-electron chi connectivity index (χ2n) is 24.1. The molecule has 39 heteroatoms. The molecule has 2 saturated heterocycles. The van der Waals surface area contributed by atoms with Gasteiger partial charge in [-0.1, -0.05) is 69.0 Å². The quantitative estimate of drug-likeness (QED) is 0.0236. The molecular formula is C57H109NO30P4S4-4. The van der Waals surface area contributed by atoms with Crippen molar-refractivity contribution in [1.29, 1.82) is 0 Å². The van der Waals surface area contributed by atoms with Crippen molar-refractivity contribution < 1.29 is 144 Å². The molecule has 1 amide bonds. The number of unbranched alkanes of at least 4 members (excludes halogenated alkanes) is 6. The smallest absolute Gasteiger partial charge is 0.217 e. The van der Waals surface area contributed by atoms with E-state index in [9.17, 15) is 64.9 Å². The molecule has 3 fully saturated rings. The van der Waals surface area contributed by atoms with Crippen LogP contribution in [0.4, 0.5) is 0 Å². The zero-order valence-electron chi connectivity index (χ0n) is 55.9. The average Bonchev–Trinajstić information content (AvgIpc) is 0.883. The van der Waals surface area contributed by atoms with Crippen LogP contribution in [0.1, 0.15) is 118 Å². The molecule has 0 bridgehead atoms. The molecule has 31 nitrogen and oxygen atoms in total. The minimum atomic E-state index is -3.95. The van der Waals surface area contributed by atoms with E-state index in [4.69, 9.17) is 126 Å². The van der Waals surface area contributed by atoms with Gasteiger partial charge in [0.05, 0.1) is 110 Å². The van der Waals surface area contributed by atoms with Gasteiger partial charge in [0.2, 0.25) is 5.91 Å². The highest BCUT2D eigenvalue weighted by atomic mass is 32.7. The van der Waals surface area contributed by atoms with Crippen molar-refractivity contribution in [2.24, 2.45) is 29.1 Å². The number of ether oxygens (including phenoxy) is 9. The zero-order chi connectivity index (χ0) is 71.2. The Balaban J connectivity index is 1.56. The SMILES string of the molecule is COP([O-])(=S)OCCCCCCOCC(COCCCOP(=O)([S-])OCCCCO[C@@H]1CC(CO)[C@H](C)[C@H](O)C1C)(COCCCOP([O-])(=S)OCCCCO[C@@H]1OC(CO)[C@H](O)[C@H](O)C1C)COCCCOP([O-])(=S)OCCCCO[C@@H]1OC(CO)[C@H](O)[C@H](O)C1NC(C)=O. The first-order valence-electron chi connectivity index (χ1n) is 32.8. The largest absolute Gasteiger partial charge is 0.780 e. The van der Waals surface area contributed by atoms with E-state index in [1.54, 1.807) is 6.92 Å². The minimum absolute atomic E-state index is 0.00207. The summed E-state index contributed by atoms with van der Waals surface area (Å²) in [4.78, 5) is 49.8. The van der Waals surface area contributed by atoms with E-state index in [-0.39, 0.29) is 155 Å². The number of amides is 1. The molecule has 2 heterocycles. The summed E-state index contributed by atoms with van der Waals surface area (Å²) in [5, 5.41) is 83.2. The Kier molecular flexibility index (Phi) is 47.1. The zero-order valence-corrected chi connectivity index (χ0v) is 62.7. The van der Waals surface area contributed by atoms with Gasteiger partial charge in [-0.05, 0) is 88.9 Å². The molecule has 0 radical (unpaired) electrons. The molecule has 3 rings (SSSR count). The third-order valence-corrected chi connectivity index (χ3v) is 22.8. The van der Waals surface area contributed by atoms with Gasteiger partial charge < -0.3 is 152 Å². The van der Waals surface area contributed by atoms with E-state index in [2.05, 4.69) is 5.32 Å². The first-order valence-corrected chi connectivity index (χ1v) is 43.1. The maximum Gasteiger partial charge on any atom is 0.217 e. The number of aliphatic hydroxyl groups excluding tert-OH is 8. The summed E-state index contributed by atoms with van der Waals surface area (Å²) < 4.78 is 109. The molecule has 0 spiro atoms. The van der Waals surface area contributed by atoms with Crippen LogP contribution in [0.15, 0.2) is 0 Å². The fourth-order valence-corrected chi connectivity index (χ4v) is 14.7. The molecule has 20 atom stereocenters. The highest BCUT2D eigenvalue weighted by Crippen LogP contribution is 2.46. The predicted octanol–water partition coefficient (Wildman–Crippen LogP) is 1.37. The molecule has 0 aromatic heterocycles. The molecule has 0 aromatic rings. The Bertz CT molecular complexity index is 2190. The molecule has 96 heavy (non-hydrogen) atoms. The first-order chi connectivity index (χ1) is 45.6. The van der Waals surface area contributed by atoms with E-state index in [1.807, 2.05) is 13.8 Å². The lowest BCUT2D eigenvalue weighted by Gasteiger charge is -2.42. The Morgan fingerprint density at radius 2 is 0.865 bits per heavy atom. The van der Waals surface area contributed by atoms with Gasteiger partial charge in [0, 0.05) is 78.7 Å². The number of rotatable bonds is 57. The third-order valence-electron chi connectivity index (χ3n) is 16.2. The van der Waals surface area contributed by atoms with Crippen molar-refractivity contribution in [2.75, 3.05) is 146 Å². The lowest BCUT2D eigenvalue weighted by molar-refractivity contribution is -0.282. The van der Waals surface area contributed by atoms with Crippen molar-refractivity contribution >= 4 is 80.5 Å². The van der Waals surface area contributed by atoms with Crippen molar-refractivity contribution in [3.63, 3.8) is 0 Å². The number of nitrogens with one attached hydrogen (secondary N) is 1. The fraction of sp³-hybridized carbons (Fsp3) is 0.982. The van der Waals surface area contributed by atoms with Gasteiger partial charge in [-0.25, -0.2) is 0 Å². The summed E-state index contributed by atoms with van der Waals surface area (Å²) >= 11 is 20.2. The average molecular weight is 1540 g/mol. The molecule has 570 valence electrons. The van der Waals surface area contributed by atoms with E-state index in [1.165, 1.54) is 14.0 Å². The summed E-state index contributed by atoms with van der Waals surface area (Å²) in [6, 6.07) is -1.11. The maximum absolute atomic E-state index is 13.1. The molecule has 1 aliphatic carbocycles. The second kappa shape index (κ2) is 49.6. The molecule has 11 unspecified atom stereocenters. The summed E-state index contributed by atoms with van der Waals surface area (Å²) in [5.41, 5.74) is -0.965. The van der Waals surface area contributed by atoms with Crippen LogP contribution in [-0.4, -0.2) is 260 Å². The molecule has 0 aromatic carbocycles. The van der Waals surface area contributed by atoms with Gasteiger partial charge in [-0.3, -0.25) is 9.36 Å². The summed E-state index contributed by atoms with van der Waals surface area (Å²) in [6.45, 7) is -8.24. The predicted molar refractivity (Wildman–Crippen MR) is 356 cm³/mol. The van der Waals surface area contributed by atoms with Gasteiger partial charge in [0.15, 0.2) is 19.4 Å². The van der Waals surface area contributed by atoms with E-state index in [0.29, 0.717) is 71.0 Å². The van der Waals surface area contributed by atoms with Crippen LogP contribution in [0.5, 0.6) is 0 Å². The monoisotopic (exact) mass is 1540 g/mol. The second-order valence-corrected chi connectivity index (χ2v) is 35.3. The number of carbonyl (C=O) groups excluding carboxylic acids is 1.